The van der Waals surface area contributed by atoms with Gasteiger partial charge in [0.15, 0.2) is 0 Å². The molecule has 0 radical (unpaired) electrons. The lowest BCUT2D eigenvalue weighted by Gasteiger charge is -2.33. The van der Waals surface area contributed by atoms with Crippen LogP contribution in [0.25, 0.3) is 0 Å². The van der Waals surface area contributed by atoms with Crippen LogP contribution in [0.15, 0.2) is 0 Å². The first-order valence-corrected chi connectivity index (χ1v) is 4.94. The third kappa shape index (κ3) is 2.73. The Bertz CT molecular complexity index is 110. The molecule has 0 spiro atoms. The fraction of sp³-hybridized carbons (Fsp3) is 1.00. The highest BCUT2D eigenvalue weighted by Crippen LogP contribution is 2.09. The first-order valence-electron chi connectivity index (χ1n) is 4.94. The summed E-state index contributed by atoms with van der Waals surface area (Å²) in [4.78, 5) is 2.35. The molecule has 0 saturated carbocycles. The molecular weight excluding hydrogens is 152 g/mol. The van der Waals surface area contributed by atoms with Crippen LogP contribution in [-0.2, 0) is 0 Å². The molecule has 1 atom stereocenters. The van der Waals surface area contributed by atoms with Crippen molar-refractivity contribution in [2.24, 2.45) is 0 Å². The topological polar surface area (TPSA) is 35.5 Å². The Hall–Kier alpha value is -0.120. The molecule has 0 unspecified atom stereocenters. The van der Waals surface area contributed by atoms with Gasteiger partial charge in [-0.1, -0.05) is 6.92 Å². The van der Waals surface area contributed by atoms with E-state index in [0.29, 0.717) is 6.04 Å². The quantitative estimate of drug-likeness (QED) is 0.629. The Morgan fingerprint density at radius 3 is 2.92 bits per heavy atom. The molecule has 1 heterocycles. The number of nitrogens with one attached hydrogen (secondary N) is 1. The highest BCUT2D eigenvalue weighted by Gasteiger charge is 2.18. The lowest BCUT2D eigenvalue weighted by Crippen LogP contribution is -2.46. The van der Waals surface area contributed by atoms with Gasteiger partial charge in [0.25, 0.3) is 0 Å². The molecule has 0 bridgehead atoms. The van der Waals surface area contributed by atoms with Crippen LogP contribution in [0.2, 0.25) is 0 Å². The van der Waals surface area contributed by atoms with Crippen LogP contribution in [0, 0.1) is 0 Å². The number of piperidine rings is 1. The van der Waals surface area contributed by atoms with Crippen molar-refractivity contribution in [3.05, 3.63) is 0 Å². The van der Waals surface area contributed by atoms with Crippen molar-refractivity contribution in [3.8, 4) is 0 Å². The zero-order valence-electron chi connectivity index (χ0n) is 7.92. The molecule has 1 fully saturated rings. The Kier molecular flexibility index (Phi) is 4.58. The number of nitrogens with zero attached hydrogens (tertiary/aromatic N) is 1. The minimum atomic E-state index is 0.282. The van der Waals surface area contributed by atoms with Gasteiger partial charge in [0, 0.05) is 19.1 Å². The molecule has 0 aliphatic carbocycles. The van der Waals surface area contributed by atoms with E-state index in [9.17, 15) is 0 Å². The van der Waals surface area contributed by atoms with E-state index >= 15 is 0 Å². The van der Waals surface area contributed by atoms with Gasteiger partial charge in [0.2, 0.25) is 0 Å². The summed E-state index contributed by atoms with van der Waals surface area (Å²) in [5, 5.41) is 12.2. The molecule has 1 aliphatic rings. The number of aliphatic hydroxyl groups is 1. The van der Waals surface area contributed by atoms with Crippen LogP contribution < -0.4 is 5.32 Å². The SMILES string of the molecule is CCN(CCO)[C@@H]1CCCNC1. The molecule has 0 aromatic carbocycles. The molecule has 3 heteroatoms. The molecule has 0 aromatic rings. The van der Waals surface area contributed by atoms with E-state index in [2.05, 4.69) is 17.1 Å². The fourth-order valence-corrected chi connectivity index (χ4v) is 1.87. The summed E-state index contributed by atoms with van der Waals surface area (Å²) in [6.45, 7) is 6.56. The van der Waals surface area contributed by atoms with Gasteiger partial charge in [-0.25, -0.2) is 0 Å². The largest absolute Gasteiger partial charge is 0.395 e. The van der Waals surface area contributed by atoms with Gasteiger partial charge < -0.3 is 10.4 Å². The van der Waals surface area contributed by atoms with Crippen molar-refractivity contribution in [3.63, 3.8) is 0 Å². The van der Waals surface area contributed by atoms with Gasteiger partial charge in [-0.3, -0.25) is 4.90 Å². The molecule has 1 aliphatic heterocycles. The smallest absolute Gasteiger partial charge is 0.0558 e. The van der Waals surface area contributed by atoms with Gasteiger partial charge in [0.1, 0.15) is 0 Å². The summed E-state index contributed by atoms with van der Waals surface area (Å²) < 4.78 is 0. The van der Waals surface area contributed by atoms with E-state index in [4.69, 9.17) is 5.11 Å². The average Bonchev–Trinajstić information content (AvgIpc) is 2.15. The van der Waals surface area contributed by atoms with Crippen LogP contribution in [0.5, 0.6) is 0 Å². The number of hydrogen-bond acceptors (Lipinski definition) is 3. The van der Waals surface area contributed by atoms with E-state index in [1.54, 1.807) is 0 Å². The molecule has 1 saturated heterocycles. The molecule has 12 heavy (non-hydrogen) atoms. The van der Waals surface area contributed by atoms with Crippen LogP contribution in [0.4, 0.5) is 0 Å². The molecule has 0 aromatic heterocycles. The van der Waals surface area contributed by atoms with Crippen LogP contribution in [-0.4, -0.2) is 48.8 Å². The van der Waals surface area contributed by atoms with Gasteiger partial charge >= 0.3 is 0 Å². The molecule has 3 nitrogen and oxygen atoms in total. The second-order valence-electron chi connectivity index (χ2n) is 3.35. The normalized spacial score (nSPS) is 24.8. The van der Waals surface area contributed by atoms with E-state index < -0.39 is 0 Å². The lowest BCUT2D eigenvalue weighted by molar-refractivity contribution is 0.137. The zero-order chi connectivity index (χ0) is 8.81. The van der Waals surface area contributed by atoms with Crippen LogP contribution in [0.3, 0.4) is 0 Å². The summed E-state index contributed by atoms with van der Waals surface area (Å²) in [6.07, 6.45) is 2.55. The zero-order valence-corrected chi connectivity index (χ0v) is 7.92. The Morgan fingerprint density at radius 1 is 1.58 bits per heavy atom. The second kappa shape index (κ2) is 5.51. The average molecular weight is 172 g/mol. The minimum absolute atomic E-state index is 0.282. The van der Waals surface area contributed by atoms with Crippen molar-refractivity contribution >= 4 is 0 Å². The Labute approximate surface area is 74.8 Å². The molecule has 1 rings (SSSR count). The molecule has 2 N–H and O–H groups in total. The maximum Gasteiger partial charge on any atom is 0.0558 e. The molecular formula is C9H20N2O. The maximum absolute atomic E-state index is 8.84. The maximum atomic E-state index is 8.84. The predicted octanol–water partition coefficient (Wildman–Crippen LogP) is 0.0526. The van der Waals surface area contributed by atoms with E-state index in [0.717, 1.165) is 26.2 Å². The number of hydrogen-bond donors (Lipinski definition) is 2. The first-order chi connectivity index (χ1) is 5.88. The third-order valence-corrected chi connectivity index (χ3v) is 2.58. The van der Waals surface area contributed by atoms with Gasteiger partial charge in [-0.15, -0.1) is 0 Å². The number of aliphatic hydroxyl groups excluding tert-OH is 1. The monoisotopic (exact) mass is 172 g/mol. The van der Waals surface area contributed by atoms with Crippen molar-refractivity contribution < 1.29 is 5.11 Å². The summed E-state index contributed by atoms with van der Waals surface area (Å²) in [5.74, 6) is 0. The van der Waals surface area contributed by atoms with Crippen molar-refractivity contribution in [2.45, 2.75) is 25.8 Å². The fourth-order valence-electron chi connectivity index (χ4n) is 1.87. The van der Waals surface area contributed by atoms with Crippen molar-refractivity contribution in [2.75, 3.05) is 32.8 Å². The van der Waals surface area contributed by atoms with Crippen LogP contribution >= 0.6 is 0 Å². The highest BCUT2D eigenvalue weighted by molar-refractivity contribution is 4.77. The Morgan fingerprint density at radius 2 is 2.42 bits per heavy atom. The molecule has 72 valence electrons. The van der Waals surface area contributed by atoms with Gasteiger partial charge in [-0.05, 0) is 25.9 Å². The third-order valence-electron chi connectivity index (χ3n) is 2.58. The summed E-state index contributed by atoms with van der Waals surface area (Å²) >= 11 is 0. The first kappa shape index (κ1) is 9.96. The van der Waals surface area contributed by atoms with E-state index in [-0.39, 0.29) is 6.61 Å². The minimum Gasteiger partial charge on any atom is -0.395 e. The highest BCUT2D eigenvalue weighted by atomic mass is 16.3. The summed E-state index contributed by atoms with van der Waals surface area (Å²) in [7, 11) is 0. The standard InChI is InChI=1S/C9H20N2O/c1-2-11(6-7-12)9-4-3-5-10-8-9/h9-10,12H,2-8H2,1H3/t9-/m1/s1. The lowest BCUT2D eigenvalue weighted by atomic mass is 10.1. The van der Waals surface area contributed by atoms with E-state index in [1.807, 2.05) is 0 Å². The molecule has 0 amide bonds. The van der Waals surface area contributed by atoms with Crippen LogP contribution in [0.1, 0.15) is 19.8 Å². The summed E-state index contributed by atoms with van der Waals surface area (Å²) in [5.41, 5.74) is 0. The van der Waals surface area contributed by atoms with Gasteiger partial charge in [0.05, 0.1) is 6.61 Å². The van der Waals surface area contributed by atoms with Crippen molar-refractivity contribution in [1.29, 1.82) is 0 Å². The predicted molar refractivity (Wildman–Crippen MR) is 50.2 cm³/mol. The van der Waals surface area contributed by atoms with Crippen molar-refractivity contribution in [1.82, 2.24) is 10.2 Å². The number of rotatable bonds is 4. The summed E-state index contributed by atoms with van der Waals surface area (Å²) in [6, 6.07) is 0.649. The second-order valence-corrected chi connectivity index (χ2v) is 3.35. The van der Waals surface area contributed by atoms with E-state index in [1.165, 1.54) is 12.8 Å². The van der Waals surface area contributed by atoms with Gasteiger partial charge in [-0.2, -0.15) is 0 Å². The number of likely N-dealkylation sites (N-methyl/N-ethyl adjacent to an activating group) is 1. The Balaban J connectivity index is 2.29.